The number of hydrogen-bond donors (Lipinski definition) is 2. The number of rotatable bonds is 2. The van der Waals surface area contributed by atoms with Crippen LogP contribution in [0.25, 0.3) is 11.2 Å². The molecule has 1 atom stereocenters. The van der Waals surface area contributed by atoms with Gasteiger partial charge in [0.25, 0.3) is 0 Å². The summed E-state index contributed by atoms with van der Waals surface area (Å²) in [6.07, 6.45) is 2.74. The second kappa shape index (κ2) is 4.77. The van der Waals surface area contributed by atoms with Gasteiger partial charge in [-0.1, -0.05) is 0 Å². The van der Waals surface area contributed by atoms with Crippen molar-refractivity contribution in [1.82, 2.24) is 19.9 Å². The fraction of sp³-hybridized carbons (Fsp3) is 0.500. The fourth-order valence-corrected chi connectivity index (χ4v) is 5.04. The van der Waals surface area contributed by atoms with Gasteiger partial charge in [-0.2, -0.15) is 21.7 Å². The third-order valence-corrected chi connectivity index (χ3v) is 5.78. The molecule has 1 aliphatic heterocycles. The summed E-state index contributed by atoms with van der Waals surface area (Å²) in [6, 6.07) is 0. The Morgan fingerprint density at radius 1 is 1.50 bits per heavy atom. The lowest BCUT2D eigenvalue weighted by molar-refractivity contribution is 0.584. The molecule has 10 heteroatoms. The summed E-state index contributed by atoms with van der Waals surface area (Å²) >= 11 is 1.62. The number of H-pyrrole nitrogens is 1. The van der Waals surface area contributed by atoms with E-state index in [9.17, 15) is 8.42 Å². The van der Waals surface area contributed by atoms with Gasteiger partial charge in [0.2, 0.25) is 5.95 Å². The van der Waals surface area contributed by atoms with Crippen LogP contribution >= 0.6 is 11.8 Å². The third-order valence-electron chi connectivity index (χ3n) is 3.13. The van der Waals surface area contributed by atoms with Gasteiger partial charge in [-0.25, -0.2) is 13.4 Å². The lowest BCUT2D eigenvalue weighted by Crippen LogP contribution is -2.47. The summed E-state index contributed by atoms with van der Waals surface area (Å²) in [4.78, 5) is 17.0. The second-order valence-electron chi connectivity index (χ2n) is 4.56. The minimum Gasteiger partial charge on any atom is -0.368 e. The minimum atomic E-state index is -3.22. The van der Waals surface area contributed by atoms with Crippen LogP contribution in [0.4, 0.5) is 11.8 Å². The third kappa shape index (κ3) is 2.29. The highest BCUT2D eigenvalue weighted by Gasteiger charge is 2.33. The molecule has 1 unspecified atom stereocenters. The lowest BCUT2D eigenvalue weighted by atomic mass is 10.4. The molecule has 2 aromatic rings. The molecule has 108 valence electrons. The molecule has 1 fully saturated rings. The molecule has 0 radical (unpaired) electrons. The van der Waals surface area contributed by atoms with Crippen LogP contribution in [0, 0.1) is 0 Å². The molecule has 3 rings (SSSR count). The number of imidazole rings is 1. The molecule has 0 bridgehead atoms. The monoisotopic (exact) mass is 314 g/mol. The molecule has 1 aliphatic rings. The minimum absolute atomic E-state index is 0.0880. The topological polar surface area (TPSA) is 118 Å². The Bertz CT molecular complexity index is 743. The average molecular weight is 314 g/mol. The molecule has 20 heavy (non-hydrogen) atoms. The van der Waals surface area contributed by atoms with Crippen molar-refractivity contribution < 1.29 is 8.42 Å². The van der Waals surface area contributed by atoms with E-state index in [0.717, 1.165) is 5.75 Å². The van der Waals surface area contributed by atoms with E-state index in [4.69, 9.17) is 5.73 Å². The van der Waals surface area contributed by atoms with E-state index in [0.29, 0.717) is 29.3 Å². The molecule has 0 aromatic carbocycles. The lowest BCUT2D eigenvalue weighted by Gasteiger charge is -2.34. The molecular formula is C10H14N6O2S2. The number of nitrogens with two attached hydrogens (primary N) is 1. The molecule has 2 aromatic heterocycles. The molecule has 0 aliphatic carbocycles. The summed E-state index contributed by atoms with van der Waals surface area (Å²) in [7, 11) is -3.22. The Balaban J connectivity index is 2.15. The van der Waals surface area contributed by atoms with Crippen LogP contribution in [0.2, 0.25) is 0 Å². The number of sulfone groups is 1. The van der Waals surface area contributed by atoms with Crippen molar-refractivity contribution in [3.63, 3.8) is 0 Å². The maximum atomic E-state index is 12.0. The zero-order valence-corrected chi connectivity index (χ0v) is 12.4. The average Bonchev–Trinajstić information content (AvgIpc) is 2.84. The van der Waals surface area contributed by atoms with Gasteiger partial charge < -0.3 is 15.6 Å². The predicted molar refractivity (Wildman–Crippen MR) is 79.4 cm³/mol. The van der Waals surface area contributed by atoms with Crippen LogP contribution in [0.15, 0.2) is 6.33 Å². The van der Waals surface area contributed by atoms with Crippen LogP contribution in [0.1, 0.15) is 0 Å². The van der Waals surface area contributed by atoms with E-state index >= 15 is 0 Å². The van der Waals surface area contributed by atoms with Gasteiger partial charge in [-0.15, -0.1) is 0 Å². The number of nitrogen functional groups attached to an aromatic ring is 1. The van der Waals surface area contributed by atoms with Gasteiger partial charge in [0, 0.05) is 24.3 Å². The predicted octanol–water partition coefficient (Wildman–Crippen LogP) is -0.141. The molecule has 0 amide bonds. The zero-order valence-electron chi connectivity index (χ0n) is 10.8. The Kier molecular flexibility index (Phi) is 3.21. The van der Waals surface area contributed by atoms with Crippen molar-refractivity contribution >= 4 is 44.5 Å². The Morgan fingerprint density at radius 2 is 2.30 bits per heavy atom. The van der Waals surface area contributed by atoms with E-state index in [1.165, 1.54) is 12.6 Å². The number of anilines is 2. The normalized spacial score (nSPS) is 20.4. The number of aromatic amines is 1. The second-order valence-corrected chi connectivity index (χ2v) is 7.91. The first-order valence-electron chi connectivity index (χ1n) is 5.96. The van der Waals surface area contributed by atoms with Crippen molar-refractivity contribution in [3.05, 3.63) is 6.33 Å². The molecule has 8 nitrogen and oxygen atoms in total. The summed E-state index contributed by atoms with van der Waals surface area (Å²) < 4.78 is 23.9. The molecule has 0 saturated carbocycles. The van der Waals surface area contributed by atoms with E-state index in [1.54, 1.807) is 16.7 Å². The van der Waals surface area contributed by atoms with Gasteiger partial charge in [0.15, 0.2) is 21.3 Å². The Hall–Kier alpha value is -1.55. The summed E-state index contributed by atoms with van der Waals surface area (Å²) in [5.41, 5.74) is 6.74. The van der Waals surface area contributed by atoms with Crippen molar-refractivity contribution in [1.29, 1.82) is 0 Å². The SMILES string of the molecule is CS(=O)(=O)C1CSCCN1c1nc(N)nc2nc[nH]c12. The largest absolute Gasteiger partial charge is 0.368 e. The van der Waals surface area contributed by atoms with Crippen LogP contribution < -0.4 is 10.6 Å². The van der Waals surface area contributed by atoms with Crippen molar-refractivity contribution in [3.8, 4) is 0 Å². The maximum absolute atomic E-state index is 12.0. The highest BCUT2D eigenvalue weighted by molar-refractivity contribution is 8.01. The summed E-state index contributed by atoms with van der Waals surface area (Å²) in [5, 5.41) is -0.609. The first kappa shape index (κ1) is 13.4. The van der Waals surface area contributed by atoms with Crippen molar-refractivity contribution in [2.45, 2.75) is 5.37 Å². The van der Waals surface area contributed by atoms with Crippen LogP contribution in [-0.2, 0) is 9.84 Å². The fourth-order valence-electron chi connectivity index (χ4n) is 2.22. The Morgan fingerprint density at radius 3 is 3.05 bits per heavy atom. The van der Waals surface area contributed by atoms with Gasteiger partial charge in [0.05, 0.1) is 6.33 Å². The molecule has 0 spiro atoms. The van der Waals surface area contributed by atoms with E-state index in [2.05, 4.69) is 19.9 Å². The first-order valence-corrected chi connectivity index (χ1v) is 9.07. The van der Waals surface area contributed by atoms with Crippen molar-refractivity contribution in [2.75, 3.05) is 34.9 Å². The highest BCUT2D eigenvalue weighted by Crippen LogP contribution is 2.29. The van der Waals surface area contributed by atoms with Crippen molar-refractivity contribution in [2.24, 2.45) is 0 Å². The van der Waals surface area contributed by atoms with Gasteiger partial charge in [-0.3, -0.25) is 0 Å². The number of aromatic nitrogens is 4. The summed E-state index contributed by atoms with van der Waals surface area (Å²) in [5.74, 6) is 1.94. The van der Waals surface area contributed by atoms with Crippen LogP contribution in [0.5, 0.6) is 0 Å². The van der Waals surface area contributed by atoms with Gasteiger partial charge in [-0.05, 0) is 0 Å². The zero-order chi connectivity index (χ0) is 14.3. The number of nitrogens with zero attached hydrogens (tertiary/aromatic N) is 4. The van der Waals surface area contributed by atoms with E-state index in [1.807, 2.05) is 0 Å². The molecular weight excluding hydrogens is 300 g/mol. The molecule has 3 N–H and O–H groups in total. The highest BCUT2D eigenvalue weighted by atomic mass is 32.2. The van der Waals surface area contributed by atoms with Crippen LogP contribution in [0.3, 0.4) is 0 Å². The van der Waals surface area contributed by atoms with Gasteiger partial charge in [0.1, 0.15) is 10.9 Å². The first-order chi connectivity index (χ1) is 9.47. The quantitative estimate of drug-likeness (QED) is 0.786. The van der Waals surface area contributed by atoms with E-state index < -0.39 is 15.2 Å². The number of nitrogens with one attached hydrogen (secondary N) is 1. The van der Waals surface area contributed by atoms with Crippen LogP contribution in [-0.4, -0.2) is 58.0 Å². The molecule has 1 saturated heterocycles. The molecule has 3 heterocycles. The Labute approximate surface area is 120 Å². The van der Waals surface area contributed by atoms with Gasteiger partial charge >= 0.3 is 0 Å². The number of thioether (sulfide) groups is 1. The smallest absolute Gasteiger partial charge is 0.224 e. The standard InChI is InChI=1S/C10H14N6O2S2/c1-20(17,18)6-4-19-3-2-16(6)9-7-8(13-5-12-7)14-10(11)15-9/h5-6H,2-4H2,1H3,(H3,11,12,13,14,15). The maximum Gasteiger partial charge on any atom is 0.224 e. The summed E-state index contributed by atoms with van der Waals surface area (Å²) in [6.45, 7) is 0.590. The number of hydrogen-bond acceptors (Lipinski definition) is 8. The van der Waals surface area contributed by atoms with E-state index in [-0.39, 0.29) is 5.95 Å². The number of fused-ring (bicyclic) bond motifs is 1.